The monoisotopic (exact) mass is 293 g/mol. The van der Waals surface area contributed by atoms with Crippen molar-refractivity contribution in [3.8, 4) is 5.40 Å². The minimum atomic E-state index is 0.194. The van der Waals surface area contributed by atoms with E-state index in [-0.39, 0.29) is 5.92 Å². The smallest absolute Gasteiger partial charge is 0.133 e. The zero-order valence-electron chi connectivity index (χ0n) is 8.64. The number of halogens is 3. The molecule has 0 aliphatic heterocycles. The first-order chi connectivity index (χ1) is 7.57. The Kier molecular flexibility index (Phi) is 5.78. The van der Waals surface area contributed by atoms with Crippen LogP contribution in [0.15, 0.2) is 12.1 Å². The molecule has 0 amide bonds. The second kappa shape index (κ2) is 6.61. The first kappa shape index (κ1) is 14.0. The molecule has 1 rings (SSSR count). The maximum Gasteiger partial charge on any atom is 0.133 e. The summed E-state index contributed by atoms with van der Waals surface area (Å²) in [6.45, 7) is 2.03. The van der Waals surface area contributed by atoms with Crippen LogP contribution in [0.4, 0.5) is 0 Å². The standard InChI is InChI=1S/C11H10Cl3NS/c1-7(4-5-16-6-15)10-8(12)2-3-9(13)11(10)14/h2-3,7H,4-5H2,1H3. The van der Waals surface area contributed by atoms with Gasteiger partial charge in [0.25, 0.3) is 0 Å². The van der Waals surface area contributed by atoms with Crippen LogP contribution < -0.4 is 0 Å². The van der Waals surface area contributed by atoms with Crippen molar-refractivity contribution in [3.05, 3.63) is 32.8 Å². The molecule has 5 heteroatoms. The van der Waals surface area contributed by atoms with Gasteiger partial charge in [-0.3, -0.25) is 0 Å². The van der Waals surface area contributed by atoms with E-state index in [0.717, 1.165) is 17.7 Å². The molecule has 0 spiro atoms. The molecule has 0 aromatic heterocycles. The summed E-state index contributed by atoms with van der Waals surface area (Å²) in [5, 5.41) is 12.1. The summed E-state index contributed by atoms with van der Waals surface area (Å²) in [5.41, 5.74) is 0.870. The molecule has 0 fully saturated rings. The molecule has 1 aromatic rings. The molecule has 1 unspecified atom stereocenters. The normalized spacial score (nSPS) is 12.2. The predicted molar refractivity (Wildman–Crippen MR) is 72.6 cm³/mol. The molecule has 0 radical (unpaired) electrons. The Morgan fingerprint density at radius 3 is 2.56 bits per heavy atom. The number of benzene rings is 1. The Bertz CT molecular complexity index is 414. The van der Waals surface area contributed by atoms with Crippen LogP contribution in [0.2, 0.25) is 15.1 Å². The summed E-state index contributed by atoms with van der Waals surface area (Å²) in [4.78, 5) is 0. The summed E-state index contributed by atoms with van der Waals surface area (Å²) in [6.07, 6.45) is 0.845. The molecule has 16 heavy (non-hydrogen) atoms. The number of thiocyanates is 1. The second-order valence-electron chi connectivity index (χ2n) is 3.39. The van der Waals surface area contributed by atoms with Gasteiger partial charge in [-0.15, -0.1) is 0 Å². The van der Waals surface area contributed by atoms with Gasteiger partial charge in [-0.1, -0.05) is 41.7 Å². The van der Waals surface area contributed by atoms with Gasteiger partial charge in [0.2, 0.25) is 0 Å². The summed E-state index contributed by atoms with van der Waals surface area (Å²) in [5.74, 6) is 0.955. The number of hydrogen-bond acceptors (Lipinski definition) is 2. The molecule has 0 N–H and O–H groups in total. The highest BCUT2D eigenvalue weighted by molar-refractivity contribution is 8.03. The van der Waals surface area contributed by atoms with Crippen LogP contribution in [0.25, 0.3) is 0 Å². The molecule has 0 heterocycles. The molecular formula is C11H10Cl3NS. The van der Waals surface area contributed by atoms with Crippen molar-refractivity contribution in [2.24, 2.45) is 0 Å². The fourth-order valence-electron chi connectivity index (χ4n) is 1.42. The largest absolute Gasteiger partial charge is 0.185 e. The van der Waals surface area contributed by atoms with E-state index in [1.807, 2.05) is 12.3 Å². The fraction of sp³-hybridized carbons (Fsp3) is 0.364. The Hall–Kier alpha value is -0.0700. The maximum atomic E-state index is 8.44. The Morgan fingerprint density at radius 1 is 1.31 bits per heavy atom. The third-order valence-corrected chi connectivity index (χ3v) is 4.01. The molecule has 0 bridgehead atoms. The van der Waals surface area contributed by atoms with Crippen LogP contribution in [0.3, 0.4) is 0 Å². The minimum Gasteiger partial charge on any atom is -0.185 e. The van der Waals surface area contributed by atoms with Crippen molar-refractivity contribution in [2.75, 3.05) is 5.75 Å². The van der Waals surface area contributed by atoms with Crippen LogP contribution in [0.1, 0.15) is 24.8 Å². The van der Waals surface area contributed by atoms with E-state index in [4.69, 9.17) is 40.1 Å². The average Bonchev–Trinajstić information content (AvgIpc) is 2.24. The highest BCUT2D eigenvalue weighted by atomic mass is 35.5. The van der Waals surface area contributed by atoms with E-state index < -0.39 is 0 Å². The molecule has 1 nitrogen and oxygen atoms in total. The van der Waals surface area contributed by atoms with Gasteiger partial charge in [-0.05, 0) is 41.8 Å². The van der Waals surface area contributed by atoms with E-state index in [2.05, 4.69) is 0 Å². The van der Waals surface area contributed by atoms with E-state index >= 15 is 0 Å². The van der Waals surface area contributed by atoms with E-state index in [0.29, 0.717) is 15.1 Å². The van der Waals surface area contributed by atoms with Crippen LogP contribution in [-0.2, 0) is 0 Å². The quantitative estimate of drug-likeness (QED) is 0.424. The Morgan fingerprint density at radius 2 is 1.94 bits per heavy atom. The van der Waals surface area contributed by atoms with Gasteiger partial charge in [-0.2, -0.15) is 5.26 Å². The van der Waals surface area contributed by atoms with Crippen molar-refractivity contribution in [2.45, 2.75) is 19.3 Å². The van der Waals surface area contributed by atoms with Gasteiger partial charge >= 0.3 is 0 Å². The van der Waals surface area contributed by atoms with Crippen molar-refractivity contribution in [1.82, 2.24) is 0 Å². The van der Waals surface area contributed by atoms with Gasteiger partial charge in [0.15, 0.2) is 0 Å². The first-order valence-electron chi connectivity index (χ1n) is 4.72. The zero-order valence-corrected chi connectivity index (χ0v) is 11.7. The topological polar surface area (TPSA) is 23.8 Å². The highest BCUT2D eigenvalue weighted by Gasteiger charge is 2.15. The highest BCUT2D eigenvalue weighted by Crippen LogP contribution is 2.37. The van der Waals surface area contributed by atoms with E-state index in [9.17, 15) is 0 Å². The van der Waals surface area contributed by atoms with Crippen molar-refractivity contribution in [3.63, 3.8) is 0 Å². The minimum absolute atomic E-state index is 0.194. The Balaban J connectivity index is 2.86. The number of nitrogens with zero attached hydrogens (tertiary/aromatic N) is 1. The average molecular weight is 295 g/mol. The number of rotatable bonds is 4. The Labute approximate surface area is 115 Å². The molecule has 0 saturated carbocycles. The fourth-order valence-corrected chi connectivity index (χ4v) is 2.89. The molecule has 0 aliphatic rings. The first-order valence-corrected chi connectivity index (χ1v) is 6.84. The van der Waals surface area contributed by atoms with Crippen LogP contribution >= 0.6 is 46.6 Å². The summed E-state index contributed by atoms with van der Waals surface area (Å²) >= 11 is 19.4. The van der Waals surface area contributed by atoms with Crippen LogP contribution in [0.5, 0.6) is 0 Å². The van der Waals surface area contributed by atoms with Gasteiger partial charge < -0.3 is 0 Å². The second-order valence-corrected chi connectivity index (χ2v) is 5.46. The number of nitriles is 1. The molecular weight excluding hydrogens is 285 g/mol. The van der Waals surface area contributed by atoms with Crippen LogP contribution in [0, 0.1) is 10.7 Å². The SMILES string of the molecule is CC(CCSC#N)c1c(Cl)ccc(Cl)c1Cl. The van der Waals surface area contributed by atoms with Crippen molar-refractivity contribution < 1.29 is 0 Å². The van der Waals surface area contributed by atoms with Gasteiger partial charge in [0.05, 0.1) is 10.0 Å². The molecule has 1 atom stereocenters. The van der Waals surface area contributed by atoms with Gasteiger partial charge in [-0.25, -0.2) is 0 Å². The lowest BCUT2D eigenvalue weighted by Gasteiger charge is -2.15. The zero-order chi connectivity index (χ0) is 12.1. The van der Waals surface area contributed by atoms with Gasteiger partial charge in [0, 0.05) is 10.8 Å². The van der Waals surface area contributed by atoms with Crippen LogP contribution in [-0.4, -0.2) is 5.75 Å². The lowest BCUT2D eigenvalue weighted by atomic mass is 9.98. The molecule has 86 valence electrons. The summed E-state index contributed by atoms with van der Waals surface area (Å²) < 4.78 is 0. The maximum absolute atomic E-state index is 8.44. The van der Waals surface area contributed by atoms with Gasteiger partial charge in [0.1, 0.15) is 5.40 Å². The lowest BCUT2D eigenvalue weighted by Crippen LogP contribution is -1.98. The molecule has 1 aromatic carbocycles. The summed E-state index contributed by atoms with van der Waals surface area (Å²) in [7, 11) is 0. The van der Waals surface area contributed by atoms with Crippen molar-refractivity contribution in [1.29, 1.82) is 5.26 Å². The predicted octanol–water partition coefficient (Wildman–Crippen LogP) is 5.35. The third kappa shape index (κ3) is 3.46. The van der Waals surface area contributed by atoms with Crippen molar-refractivity contribution >= 4 is 46.6 Å². The van der Waals surface area contributed by atoms with E-state index in [1.54, 1.807) is 12.1 Å². The third-order valence-electron chi connectivity index (χ3n) is 2.29. The number of thioether (sulfide) groups is 1. The molecule has 0 aliphatic carbocycles. The number of hydrogen-bond donors (Lipinski definition) is 0. The van der Waals surface area contributed by atoms with E-state index in [1.165, 1.54) is 11.8 Å². The lowest BCUT2D eigenvalue weighted by molar-refractivity contribution is 0.742. The molecule has 0 saturated heterocycles. The summed E-state index contributed by atoms with van der Waals surface area (Å²) in [6, 6.07) is 3.44.